The lowest BCUT2D eigenvalue weighted by atomic mass is 9.93. The fourth-order valence-corrected chi connectivity index (χ4v) is 10.8. The van der Waals surface area contributed by atoms with Crippen molar-refractivity contribution in [2.24, 2.45) is 0 Å². The van der Waals surface area contributed by atoms with Gasteiger partial charge in [0.25, 0.3) is 0 Å². The number of fused-ring (bicyclic) bond motifs is 6. The molecule has 0 N–H and O–H groups in total. The van der Waals surface area contributed by atoms with E-state index in [0.717, 1.165) is 55.9 Å². The largest absolute Gasteiger partial charge is 0.264 e. The zero-order chi connectivity index (χ0) is 41.0. The Morgan fingerprint density at radius 3 is 1.39 bits per heavy atom. The van der Waals surface area contributed by atoms with Crippen molar-refractivity contribution in [1.82, 2.24) is 15.0 Å². The lowest BCUT2D eigenvalue weighted by Gasteiger charge is -2.14. The molecular formula is C57H35N3S2. The summed E-state index contributed by atoms with van der Waals surface area (Å²) in [5, 5.41) is 5.13. The third-order valence-electron chi connectivity index (χ3n) is 11.8. The summed E-state index contributed by atoms with van der Waals surface area (Å²) in [5.74, 6) is 0.674. The number of pyridine rings is 1. The number of benzene rings is 8. The Hall–Kier alpha value is -7.57. The lowest BCUT2D eigenvalue weighted by molar-refractivity contribution is 1.18. The quantitative estimate of drug-likeness (QED) is 0.161. The third-order valence-corrected chi connectivity index (χ3v) is 14.1. The van der Waals surface area contributed by atoms with Gasteiger partial charge in [0.05, 0.1) is 11.4 Å². The Balaban J connectivity index is 1.07. The molecule has 4 heterocycles. The van der Waals surface area contributed by atoms with E-state index >= 15 is 0 Å². The first-order valence-corrected chi connectivity index (χ1v) is 22.3. The predicted octanol–water partition coefficient (Wildman–Crippen LogP) is 16.3. The number of thiophene rings is 2. The van der Waals surface area contributed by atoms with Gasteiger partial charge in [0.2, 0.25) is 0 Å². The van der Waals surface area contributed by atoms with Crippen molar-refractivity contribution >= 4 is 63.0 Å². The molecule has 0 spiro atoms. The van der Waals surface area contributed by atoms with Crippen LogP contribution in [0.25, 0.3) is 119 Å². The molecule has 0 amide bonds. The molecule has 0 atom stereocenters. The summed E-state index contributed by atoms with van der Waals surface area (Å²) in [6.45, 7) is 0. The minimum Gasteiger partial charge on any atom is -0.264 e. The van der Waals surface area contributed by atoms with Crippen molar-refractivity contribution in [3.05, 3.63) is 213 Å². The van der Waals surface area contributed by atoms with Gasteiger partial charge in [0, 0.05) is 75.0 Å². The molecule has 0 saturated carbocycles. The maximum absolute atomic E-state index is 5.40. The van der Waals surface area contributed by atoms with Gasteiger partial charge in [-0.3, -0.25) is 4.98 Å². The molecule has 3 nitrogen and oxygen atoms in total. The van der Waals surface area contributed by atoms with Crippen molar-refractivity contribution in [2.75, 3.05) is 0 Å². The number of rotatable bonds is 7. The highest BCUT2D eigenvalue weighted by Gasteiger charge is 2.16. The summed E-state index contributed by atoms with van der Waals surface area (Å²) in [7, 11) is 0. The molecule has 12 aromatic rings. The summed E-state index contributed by atoms with van der Waals surface area (Å²) >= 11 is 3.69. The van der Waals surface area contributed by atoms with Gasteiger partial charge in [-0.2, -0.15) is 0 Å². The van der Waals surface area contributed by atoms with Gasteiger partial charge >= 0.3 is 0 Å². The van der Waals surface area contributed by atoms with Gasteiger partial charge < -0.3 is 0 Å². The van der Waals surface area contributed by atoms with Gasteiger partial charge in [-0.1, -0.05) is 127 Å². The van der Waals surface area contributed by atoms with Crippen LogP contribution in [0.3, 0.4) is 0 Å². The molecule has 0 fully saturated rings. The van der Waals surface area contributed by atoms with Gasteiger partial charge in [-0.15, -0.1) is 22.7 Å². The summed E-state index contributed by atoms with van der Waals surface area (Å²) in [6.07, 6.45) is 3.72. The average Bonchev–Trinajstić information content (AvgIpc) is 3.92. The Morgan fingerprint density at radius 2 is 0.742 bits per heavy atom. The van der Waals surface area contributed by atoms with Crippen LogP contribution in [0.4, 0.5) is 0 Å². The number of aromatic nitrogens is 3. The molecule has 8 aromatic carbocycles. The Kier molecular flexibility index (Phi) is 8.87. The molecule has 12 rings (SSSR count). The third kappa shape index (κ3) is 6.65. The second-order valence-corrected chi connectivity index (χ2v) is 17.8. The van der Waals surface area contributed by atoms with Crippen LogP contribution in [0, 0.1) is 0 Å². The highest BCUT2D eigenvalue weighted by Crippen LogP contribution is 2.41. The standard InChI is InChI=1S/C57H35N3S2/c1-2-10-36(11-3-1)37-19-21-38(22-20-37)57-59-51(42-13-8-12-39(28-42)43-14-9-27-58-35-43)34-52(60-57)46-30-44(40-23-25-55-49(32-40)47-15-4-6-17-53(47)61-55)29-45(31-46)41-24-26-56-50(33-41)48-16-5-7-18-54(48)62-56/h1-35H. The molecule has 0 aliphatic heterocycles. The second kappa shape index (κ2) is 15.2. The van der Waals surface area contributed by atoms with Gasteiger partial charge in [0.15, 0.2) is 5.82 Å². The van der Waals surface area contributed by atoms with E-state index in [0.29, 0.717) is 5.82 Å². The monoisotopic (exact) mass is 825 g/mol. The zero-order valence-corrected chi connectivity index (χ0v) is 35.0. The van der Waals surface area contributed by atoms with Gasteiger partial charge in [-0.25, -0.2) is 9.97 Å². The van der Waals surface area contributed by atoms with E-state index in [1.807, 2.05) is 47.2 Å². The molecule has 0 aliphatic rings. The van der Waals surface area contributed by atoms with E-state index in [-0.39, 0.29) is 0 Å². The van der Waals surface area contributed by atoms with Crippen LogP contribution in [0.5, 0.6) is 0 Å². The van der Waals surface area contributed by atoms with Gasteiger partial charge in [-0.05, 0) is 112 Å². The van der Waals surface area contributed by atoms with Gasteiger partial charge in [0.1, 0.15) is 0 Å². The highest BCUT2D eigenvalue weighted by molar-refractivity contribution is 7.26. The van der Waals surface area contributed by atoms with E-state index in [9.17, 15) is 0 Å². The van der Waals surface area contributed by atoms with E-state index in [2.05, 4.69) is 193 Å². The first-order valence-electron chi connectivity index (χ1n) is 20.7. The molecule has 0 saturated heterocycles. The fraction of sp³-hybridized carbons (Fsp3) is 0. The molecule has 4 aromatic heterocycles. The van der Waals surface area contributed by atoms with Crippen LogP contribution < -0.4 is 0 Å². The maximum atomic E-state index is 5.40. The molecular weight excluding hydrogens is 791 g/mol. The van der Waals surface area contributed by atoms with Crippen molar-refractivity contribution in [1.29, 1.82) is 0 Å². The minimum absolute atomic E-state index is 0.674. The SMILES string of the molecule is c1ccc(-c2ccc(-c3nc(-c4cccc(-c5cccnc5)c4)cc(-c4cc(-c5ccc6sc7ccccc7c6c5)cc(-c5ccc6sc7ccccc7c6c5)c4)n3)cc2)cc1. The molecule has 290 valence electrons. The van der Waals surface area contributed by atoms with Crippen molar-refractivity contribution < 1.29 is 0 Å². The average molecular weight is 826 g/mol. The summed E-state index contributed by atoms with van der Waals surface area (Å²) in [4.78, 5) is 15.1. The highest BCUT2D eigenvalue weighted by atomic mass is 32.1. The van der Waals surface area contributed by atoms with Crippen LogP contribution in [-0.2, 0) is 0 Å². The number of nitrogens with zero attached hydrogens (tertiary/aromatic N) is 3. The summed E-state index contributed by atoms with van der Waals surface area (Å²) < 4.78 is 5.18. The minimum atomic E-state index is 0.674. The van der Waals surface area contributed by atoms with E-state index in [1.165, 1.54) is 57.0 Å². The number of hydrogen-bond donors (Lipinski definition) is 0. The Bertz CT molecular complexity index is 3490. The maximum Gasteiger partial charge on any atom is 0.160 e. The topological polar surface area (TPSA) is 38.7 Å². The first-order chi connectivity index (χ1) is 30.7. The van der Waals surface area contributed by atoms with Crippen LogP contribution >= 0.6 is 22.7 Å². The van der Waals surface area contributed by atoms with Crippen LogP contribution in [0.2, 0.25) is 0 Å². The number of hydrogen-bond acceptors (Lipinski definition) is 5. The summed E-state index contributed by atoms with van der Waals surface area (Å²) in [5.41, 5.74) is 13.8. The Morgan fingerprint density at radius 1 is 0.274 bits per heavy atom. The Labute approximate surface area is 366 Å². The smallest absolute Gasteiger partial charge is 0.160 e. The van der Waals surface area contributed by atoms with Crippen LogP contribution in [0.1, 0.15) is 0 Å². The summed E-state index contributed by atoms with van der Waals surface area (Å²) in [6, 6.07) is 72.1. The predicted molar refractivity (Wildman–Crippen MR) is 264 cm³/mol. The zero-order valence-electron chi connectivity index (χ0n) is 33.4. The molecule has 0 unspecified atom stereocenters. The van der Waals surface area contributed by atoms with Crippen LogP contribution in [-0.4, -0.2) is 15.0 Å². The molecule has 5 heteroatoms. The van der Waals surface area contributed by atoms with Crippen molar-refractivity contribution in [2.45, 2.75) is 0 Å². The van der Waals surface area contributed by atoms with E-state index in [4.69, 9.17) is 9.97 Å². The molecule has 62 heavy (non-hydrogen) atoms. The van der Waals surface area contributed by atoms with E-state index in [1.54, 1.807) is 0 Å². The normalized spacial score (nSPS) is 11.5. The first kappa shape index (κ1) is 36.3. The molecule has 0 radical (unpaired) electrons. The fourth-order valence-electron chi connectivity index (χ4n) is 8.63. The van der Waals surface area contributed by atoms with Crippen LogP contribution in [0.15, 0.2) is 213 Å². The molecule has 0 bridgehead atoms. The van der Waals surface area contributed by atoms with Crippen molar-refractivity contribution in [3.8, 4) is 78.4 Å². The van der Waals surface area contributed by atoms with E-state index < -0.39 is 0 Å². The lowest BCUT2D eigenvalue weighted by Crippen LogP contribution is -1.97. The second-order valence-electron chi connectivity index (χ2n) is 15.6. The molecule has 0 aliphatic carbocycles. The van der Waals surface area contributed by atoms with Crippen molar-refractivity contribution in [3.63, 3.8) is 0 Å².